The van der Waals surface area contributed by atoms with Crippen LogP contribution in [0.25, 0.3) is 0 Å². The molecule has 1 heterocycles. The normalized spacial score (nSPS) is 30.2. The van der Waals surface area contributed by atoms with E-state index in [-0.39, 0.29) is 11.7 Å². The van der Waals surface area contributed by atoms with E-state index in [0.29, 0.717) is 0 Å². The first kappa shape index (κ1) is 12.0. The minimum absolute atomic E-state index is 0.258. The highest BCUT2D eigenvalue weighted by Crippen LogP contribution is 2.30. The molecule has 1 rings (SSSR count). The standard InChI is InChI=1S/C12H24O2/c1-3-4-5-8-11(13)12(2)9-6-7-10-14-12/h11,13H,3-10H2,1-2H3. The van der Waals surface area contributed by atoms with E-state index in [1.807, 2.05) is 0 Å². The van der Waals surface area contributed by atoms with Gasteiger partial charge in [0.15, 0.2) is 0 Å². The largest absolute Gasteiger partial charge is 0.390 e. The van der Waals surface area contributed by atoms with Crippen molar-refractivity contribution in [2.24, 2.45) is 0 Å². The number of hydrogen-bond acceptors (Lipinski definition) is 2. The zero-order valence-corrected chi connectivity index (χ0v) is 9.59. The van der Waals surface area contributed by atoms with Crippen LogP contribution in [0.3, 0.4) is 0 Å². The fraction of sp³-hybridized carbons (Fsp3) is 1.00. The number of ether oxygens (including phenoxy) is 1. The highest BCUT2D eigenvalue weighted by Gasteiger charge is 2.34. The van der Waals surface area contributed by atoms with Gasteiger partial charge < -0.3 is 9.84 Å². The topological polar surface area (TPSA) is 29.5 Å². The molecule has 1 aliphatic heterocycles. The van der Waals surface area contributed by atoms with Crippen LogP contribution in [-0.2, 0) is 4.74 Å². The summed E-state index contributed by atoms with van der Waals surface area (Å²) in [6.45, 7) is 5.06. The van der Waals surface area contributed by atoms with Gasteiger partial charge in [0, 0.05) is 6.61 Å². The second-order valence-corrected chi connectivity index (χ2v) is 4.63. The molecule has 1 N–H and O–H groups in total. The minimum atomic E-state index is -0.269. The molecule has 1 saturated heterocycles. The van der Waals surface area contributed by atoms with Crippen molar-refractivity contribution >= 4 is 0 Å². The number of aliphatic hydroxyl groups is 1. The van der Waals surface area contributed by atoms with Crippen LogP contribution >= 0.6 is 0 Å². The highest BCUT2D eigenvalue weighted by atomic mass is 16.5. The van der Waals surface area contributed by atoms with E-state index in [2.05, 4.69) is 13.8 Å². The molecule has 2 unspecified atom stereocenters. The Morgan fingerprint density at radius 1 is 1.36 bits per heavy atom. The molecule has 0 bridgehead atoms. The maximum Gasteiger partial charge on any atom is 0.0912 e. The Labute approximate surface area is 87.7 Å². The van der Waals surface area contributed by atoms with Crippen molar-refractivity contribution in [2.45, 2.75) is 70.5 Å². The monoisotopic (exact) mass is 200 g/mol. The molecule has 2 atom stereocenters. The quantitative estimate of drug-likeness (QED) is 0.691. The van der Waals surface area contributed by atoms with Gasteiger partial charge in [-0.15, -0.1) is 0 Å². The molecule has 2 nitrogen and oxygen atoms in total. The van der Waals surface area contributed by atoms with Crippen LogP contribution in [0.4, 0.5) is 0 Å². The van der Waals surface area contributed by atoms with E-state index >= 15 is 0 Å². The summed E-state index contributed by atoms with van der Waals surface area (Å²) in [7, 11) is 0. The lowest BCUT2D eigenvalue weighted by Crippen LogP contribution is -2.44. The number of rotatable bonds is 5. The molecule has 0 spiro atoms. The average Bonchev–Trinajstić information content (AvgIpc) is 2.19. The Balaban J connectivity index is 2.29. The van der Waals surface area contributed by atoms with Crippen molar-refractivity contribution in [2.75, 3.05) is 6.61 Å². The van der Waals surface area contributed by atoms with Gasteiger partial charge in [-0.2, -0.15) is 0 Å². The smallest absolute Gasteiger partial charge is 0.0912 e. The summed E-state index contributed by atoms with van der Waals surface area (Å²) in [5.41, 5.74) is -0.258. The van der Waals surface area contributed by atoms with Gasteiger partial charge in [-0.3, -0.25) is 0 Å². The third-order valence-corrected chi connectivity index (χ3v) is 3.29. The van der Waals surface area contributed by atoms with Crippen molar-refractivity contribution in [1.29, 1.82) is 0 Å². The van der Waals surface area contributed by atoms with Crippen molar-refractivity contribution in [3.8, 4) is 0 Å². The van der Waals surface area contributed by atoms with Crippen LogP contribution in [0.15, 0.2) is 0 Å². The molecule has 2 heteroatoms. The van der Waals surface area contributed by atoms with Crippen LogP contribution in [-0.4, -0.2) is 23.4 Å². The van der Waals surface area contributed by atoms with Crippen LogP contribution in [0.2, 0.25) is 0 Å². The molecule has 0 aromatic heterocycles. The zero-order valence-electron chi connectivity index (χ0n) is 9.59. The van der Waals surface area contributed by atoms with Crippen LogP contribution in [0.5, 0.6) is 0 Å². The van der Waals surface area contributed by atoms with Gasteiger partial charge in [-0.25, -0.2) is 0 Å². The predicted molar refractivity (Wildman–Crippen MR) is 58.4 cm³/mol. The highest BCUT2D eigenvalue weighted by molar-refractivity contribution is 4.86. The first-order valence-corrected chi connectivity index (χ1v) is 6.01. The molecular weight excluding hydrogens is 176 g/mol. The second-order valence-electron chi connectivity index (χ2n) is 4.63. The zero-order chi connectivity index (χ0) is 10.4. The van der Waals surface area contributed by atoms with Crippen LogP contribution in [0.1, 0.15) is 58.8 Å². The predicted octanol–water partition coefficient (Wildman–Crippen LogP) is 2.89. The maximum absolute atomic E-state index is 10.0. The summed E-state index contributed by atoms with van der Waals surface area (Å²) in [6.07, 6.45) is 7.53. The van der Waals surface area contributed by atoms with Gasteiger partial charge in [-0.1, -0.05) is 26.2 Å². The Bertz CT molecular complexity index is 150. The molecular formula is C12H24O2. The first-order valence-electron chi connectivity index (χ1n) is 6.01. The molecule has 0 saturated carbocycles. The van der Waals surface area contributed by atoms with E-state index in [1.165, 1.54) is 19.3 Å². The first-order chi connectivity index (χ1) is 6.69. The van der Waals surface area contributed by atoms with Crippen molar-refractivity contribution < 1.29 is 9.84 Å². The van der Waals surface area contributed by atoms with E-state index < -0.39 is 0 Å². The molecule has 84 valence electrons. The summed E-state index contributed by atoms with van der Waals surface area (Å²) < 4.78 is 5.71. The number of unbranched alkanes of at least 4 members (excludes halogenated alkanes) is 2. The Hall–Kier alpha value is -0.0800. The summed E-state index contributed by atoms with van der Waals surface area (Å²) in [5, 5.41) is 10.0. The summed E-state index contributed by atoms with van der Waals surface area (Å²) in [5.74, 6) is 0. The summed E-state index contributed by atoms with van der Waals surface area (Å²) >= 11 is 0. The van der Waals surface area contributed by atoms with Crippen molar-refractivity contribution in [3.63, 3.8) is 0 Å². The lowest BCUT2D eigenvalue weighted by atomic mass is 9.87. The lowest BCUT2D eigenvalue weighted by Gasteiger charge is -2.38. The Kier molecular flexibility index (Phi) is 4.90. The third kappa shape index (κ3) is 3.25. The third-order valence-electron chi connectivity index (χ3n) is 3.29. The van der Waals surface area contributed by atoms with Gasteiger partial charge in [0.1, 0.15) is 0 Å². The fourth-order valence-electron chi connectivity index (χ4n) is 2.11. The Morgan fingerprint density at radius 3 is 2.71 bits per heavy atom. The number of aliphatic hydroxyl groups excluding tert-OH is 1. The van der Waals surface area contributed by atoms with Gasteiger partial charge in [0.05, 0.1) is 11.7 Å². The fourth-order valence-corrected chi connectivity index (χ4v) is 2.11. The van der Waals surface area contributed by atoms with E-state index in [9.17, 15) is 5.11 Å². The summed E-state index contributed by atoms with van der Waals surface area (Å²) in [6, 6.07) is 0. The second kappa shape index (κ2) is 5.72. The van der Waals surface area contributed by atoms with Gasteiger partial charge in [-0.05, 0) is 32.6 Å². The average molecular weight is 200 g/mol. The van der Waals surface area contributed by atoms with Gasteiger partial charge in [0.2, 0.25) is 0 Å². The van der Waals surface area contributed by atoms with Crippen LogP contribution < -0.4 is 0 Å². The molecule has 0 aromatic rings. The minimum Gasteiger partial charge on any atom is -0.390 e. The molecule has 0 aliphatic carbocycles. The summed E-state index contributed by atoms with van der Waals surface area (Å²) in [4.78, 5) is 0. The molecule has 14 heavy (non-hydrogen) atoms. The van der Waals surface area contributed by atoms with Gasteiger partial charge >= 0.3 is 0 Å². The number of hydrogen-bond donors (Lipinski definition) is 1. The maximum atomic E-state index is 10.0. The van der Waals surface area contributed by atoms with E-state index in [0.717, 1.165) is 32.3 Å². The van der Waals surface area contributed by atoms with Crippen molar-refractivity contribution in [1.82, 2.24) is 0 Å². The molecule has 0 aromatic carbocycles. The van der Waals surface area contributed by atoms with E-state index in [4.69, 9.17) is 4.74 Å². The Morgan fingerprint density at radius 2 is 2.14 bits per heavy atom. The molecule has 0 amide bonds. The van der Waals surface area contributed by atoms with Gasteiger partial charge in [0.25, 0.3) is 0 Å². The SMILES string of the molecule is CCCCCC(O)C1(C)CCCCO1. The molecule has 0 radical (unpaired) electrons. The lowest BCUT2D eigenvalue weighted by molar-refractivity contribution is -0.138. The van der Waals surface area contributed by atoms with Crippen molar-refractivity contribution in [3.05, 3.63) is 0 Å². The molecule has 1 fully saturated rings. The van der Waals surface area contributed by atoms with Crippen LogP contribution in [0, 0.1) is 0 Å². The van der Waals surface area contributed by atoms with E-state index in [1.54, 1.807) is 0 Å². The molecule has 1 aliphatic rings.